The predicted octanol–water partition coefficient (Wildman–Crippen LogP) is 4.57. The van der Waals surface area contributed by atoms with Gasteiger partial charge in [-0.05, 0) is 69.8 Å². The van der Waals surface area contributed by atoms with Crippen LogP contribution in [0.4, 0.5) is 18.9 Å². The van der Waals surface area contributed by atoms with E-state index in [0.29, 0.717) is 61.8 Å². The van der Waals surface area contributed by atoms with Crippen LogP contribution in [0.1, 0.15) is 69.3 Å². The van der Waals surface area contributed by atoms with Gasteiger partial charge in [0.2, 0.25) is 11.8 Å². The molecule has 3 fully saturated rings. The molecule has 1 saturated carbocycles. The Morgan fingerprint density at radius 2 is 1.93 bits per heavy atom. The molecule has 9 nitrogen and oxygen atoms in total. The topological polar surface area (TPSA) is 99.7 Å². The van der Waals surface area contributed by atoms with Gasteiger partial charge < -0.3 is 25.2 Å². The van der Waals surface area contributed by atoms with Gasteiger partial charge in [0.15, 0.2) is 5.69 Å². The van der Waals surface area contributed by atoms with Gasteiger partial charge in [-0.2, -0.15) is 13.2 Å². The van der Waals surface area contributed by atoms with Crippen molar-refractivity contribution in [3.05, 3.63) is 36.2 Å². The van der Waals surface area contributed by atoms with E-state index in [0.717, 1.165) is 19.4 Å². The predicted molar refractivity (Wildman–Crippen MR) is 157 cm³/mol. The van der Waals surface area contributed by atoms with E-state index in [-0.39, 0.29) is 49.6 Å². The molecule has 2 aromatic heterocycles. The number of aromatic nitrogens is 2. The number of alkyl halides is 3. The van der Waals surface area contributed by atoms with Crippen molar-refractivity contribution in [1.82, 2.24) is 25.5 Å². The zero-order valence-corrected chi connectivity index (χ0v) is 24.9. The molecule has 2 N–H and O–H groups in total. The van der Waals surface area contributed by atoms with Crippen molar-refractivity contribution < 1.29 is 27.5 Å². The maximum atomic E-state index is 14.2. The largest absolute Gasteiger partial charge is 0.477 e. The summed E-state index contributed by atoms with van der Waals surface area (Å²) < 4.78 is 48.3. The Morgan fingerprint density at radius 3 is 2.60 bits per heavy atom. The van der Waals surface area contributed by atoms with Crippen LogP contribution in [0.25, 0.3) is 11.3 Å². The maximum absolute atomic E-state index is 14.2. The van der Waals surface area contributed by atoms with Gasteiger partial charge in [0, 0.05) is 44.5 Å². The van der Waals surface area contributed by atoms with E-state index >= 15 is 0 Å². The Labute approximate surface area is 250 Å². The van der Waals surface area contributed by atoms with Gasteiger partial charge in [-0.25, -0.2) is 9.97 Å². The lowest BCUT2D eigenvalue weighted by molar-refractivity contribution is -0.226. The standard InChI is InChI=1S/C31H41F3N6O3/c1-3-22-20-39(29(42)30(31(32,33)34)13-5-6-14-30)17-18-40(22)25-12-11-24(23-10-8-16-36-28(23)43-4-2)38-26(25)27(41)37-19-21-9-7-15-35-21/h8,10-12,16,21-22,35H,3-7,9,13-15,17-20H2,1-2H3,(H,37,41)/t21-,22+/m0/s1. The minimum atomic E-state index is -4.58. The first-order chi connectivity index (χ1) is 20.7. The quantitative estimate of drug-likeness (QED) is 0.434. The average Bonchev–Trinajstić information content (AvgIpc) is 3.73. The lowest BCUT2D eigenvalue weighted by Gasteiger charge is -2.45. The number of hydrogen-bond donors (Lipinski definition) is 2. The molecule has 2 aromatic rings. The van der Waals surface area contributed by atoms with E-state index in [1.54, 1.807) is 12.3 Å². The highest BCUT2D eigenvalue weighted by Gasteiger charge is 2.62. The molecule has 1 aliphatic carbocycles. The van der Waals surface area contributed by atoms with Crippen LogP contribution in [0.3, 0.4) is 0 Å². The normalized spacial score (nSPS) is 22.1. The maximum Gasteiger partial charge on any atom is 0.403 e. The molecule has 234 valence electrons. The smallest absolute Gasteiger partial charge is 0.403 e. The molecule has 3 aliphatic rings. The first-order valence-electron chi connectivity index (χ1n) is 15.4. The van der Waals surface area contributed by atoms with Gasteiger partial charge in [-0.15, -0.1) is 0 Å². The van der Waals surface area contributed by atoms with Crippen LogP contribution in [-0.4, -0.2) is 84.3 Å². The van der Waals surface area contributed by atoms with Crippen LogP contribution in [0.15, 0.2) is 30.5 Å². The highest BCUT2D eigenvalue weighted by Crippen LogP contribution is 2.52. The molecule has 2 atom stereocenters. The average molecular weight is 603 g/mol. The third-order valence-electron chi connectivity index (χ3n) is 9.05. The number of carbonyl (C=O) groups excluding carboxylic acids is 2. The molecule has 2 saturated heterocycles. The van der Waals surface area contributed by atoms with E-state index in [9.17, 15) is 22.8 Å². The van der Waals surface area contributed by atoms with E-state index in [4.69, 9.17) is 9.72 Å². The Morgan fingerprint density at radius 1 is 1.14 bits per heavy atom. The monoisotopic (exact) mass is 602 g/mol. The molecular formula is C31H41F3N6O3. The third-order valence-corrected chi connectivity index (χ3v) is 9.05. The molecule has 2 amide bonds. The molecule has 5 rings (SSSR count). The number of pyridine rings is 2. The molecule has 0 bridgehead atoms. The van der Waals surface area contributed by atoms with Crippen molar-refractivity contribution in [3.63, 3.8) is 0 Å². The van der Waals surface area contributed by atoms with Crippen molar-refractivity contribution in [3.8, 4) is 17.1 Å². The summed E-state index contributed by atoms with van der Waals surface area (Å²) in [6.45, 7) is 6.18. The van der Waals surface area contributed by atoms with Crippen LogP contribution in [-0.2, 0) is 4.79 Å². The fourth-order valence-electron chi connectivity index (χ4n) is 6.67. The summed E-state index contributed by atoms with van der Waals surface area (Å²) in [7, 11) is 0. The number of carbonyl (C=O) groups is 2. The minimum Gasteiger partial charge on any atom is -0.477 e. The third kappa shape index (κ3) is 6.30. The van der Waals surface area contributed by atoms with Gasteiger partial charge >= 0.3 is 6.18 Å². The molecule has 43 heavy (non-hydrogen) atoms. The summed E-state index contributed by atoms with van der Waals surface area (Å²) >= 11 is 0. The van der Waals surface area contributed by atoms with Crippen molar-refractivity contribution >= 4 is 17.5 Å². The number of nitrogens with one attached hydrogen (secondary N) is 2. The molecule has 4 heterocycles. The summed E-state index contributed by atoms with van der Waals surface area (Å²) in [6.07, 6.45) is 0.144. The fourth-order valence-corrected chi connectivity index (χ4v) is 6.67. The lowest BCUT2D eigenvalue weighted by Crippen LogP contribution is -2.60. The van der Waals surface area contributed by atoms with Crippen molar-refractivity contribution in [2.45, 2.75) is 77.1 Å². The zero-order chi connectivity index (χ0) is 30.6. The Balaban J connectivity index is 1.44. The van der Waals surface area contributed by atoms with E-state index < -0.39 is 17.5 Å². The minimum absolute atomic E-state index is 0.138. The summed E-state index contributed by atoms with van der Waals surface area (Å²) in [4.78, 5) is 39.7. The molecule has 0 unspecified atom stereocenters. The second-order valence-corrected chi connectivity index (χ2v) is 11.7. The first-order valence-corrected chi connectivity index (χ1v) is 15.4. The van der Waals surface area contributed by atoms with Crippen LogP contribution in [0.5, 0.6) is 5.88 Å². The highest BCUT2D eigenvalue weighted by atomic mass is 19.4. The van der Waals surface area contributed by atoms with Crippen molar-refractivity contribution in [1.29, 1.82) is 0 Å². The SMILES string of the molecule is CCOc1ncccc1-c1ccc(N2CCN(C(=O)C3(C(F)(F)F)CCCC3)C[C@H]2CC)c(C(=O)NC[C@@H]2CCCN2)n1. The number of nitrogens with zero attached hydrogens (tertiary/aromatic N) is 4. The van der Waals surface area contributed by atoms with Gasteiger partial charge in [-0.1, -0.05) is 19.8 Å². The van der Waals surface area contributed by atoms with E-state index in [2.05, 4.69) is 15.6 Å². The Kier molecular flexibility index (Phi) is 9.43. The van der Waals surface area contributed by atoms with Gasteiger partial charge in [-0.3, -0.25) is 9.59 Å². The first kappa shape index (κ1) is 31.0. The zero-order valence-electron chi connectivity index (χ0n) is 24.9. The van der Waals surface area contributed by atoms with Crippen LogP contribution in [0.2, 0.25) is 0 Å². The number of amides is 2. The number of halogens is 3. The summed E-state index contributed by atoms with van der Waals surface area (Å²) in [5, 5.41) is 6.41. The molecule has 0 spiro atoms. The van der Waals surface area contributed by atoms with Crippen LogP contribution >= 0.6 is 0 Å². The molecular weight excluding hydrogens is 561 g/mol. The van der Waals surface area contributed by atoms with Gasteiger partial charge in [0.25, 0.3) is 5.91 Å². The summed E-state index contributed by atoms with van der Waals surface area (Å²) in [5.74, 6) is -0.732. The molecule has 0 aromatic carbocycles. The van der Waals surface area contributed by atoms with Crippen molar-refractivity contribution in [2.24, 2.45) is 5.41 Å². The van der Waals surface area contributed by atoms with Gasteiger partial charge in [0.05, 0.1) is 23.6 Å². The summed E-state index contributed by atoms with van der Waals surface area (Å²) in [6, 6.07) is 7.17. The number of piperazine rings is 1. The Hall–Kier alpha value is -3.41. The second-order valence-electron chi connectivity index (χ2n) is 11.7. The highest BCUT2D eigenvalue weighted by molar-refractivity contribution is 5.98. The van der Waals surface area contributed by atoms with Crippen LogP contribution in [0, 0.1) is 5.41 Å². The fraction of sp³-hybridized carbons (Fsp3) is 0.613. The number of hydrogen-bond acceptors (Lipinski definition) is 7. The molecule has 0 radical (unpaired) electrons. The summed E-state index contributed by atoms with van der Waals surface area (Å²) in [5.41, 5.74) is -0.299. The Bertz CT molecular complexity index is 1290. The van der Waals surface area contributed by atoms with Crippen molar-refractivity contribution in [2.75, 3.05) is 44.2 Å². The number of anilines is 1. The van der Waals surface area contributed by atoms with E-state index in [1.165, 1.54) is 4.90 Å². The number of rotatable bonds is 9. The van der Waals surface area contributed by atoms with Crippen LogP contribution < -0.4 is 20.3 Å². The van der Waals surface area contributed by atoms with Gasteiger partial charge in [0.1, 0.15) is 5.41 Å². The molecule has 12 heteroatoms. The van der Waals surface area contributed by atoms with E-state index in [1.807, 2.05) is 36.9 Å². The molecule has 2 aliphatic heterocycles. The number of ether oxygens (including phenoxy) is 1. The lowest BCUT2D eigenvalue weighted by atomic mass is 9.83. The second kappa shape index (κ2) is 13.1.